The molecule has 0 saturated carbocycles. The quantitative estimate of drug-likeness (QED) is 0.835. The molecule has 1 aromatic carbocycles. The molecule has 7 heteroatoms. The van der Waals surface area contributed by atoms with Crippen molar-refractivity contribution < 1.29 is 18.7 Å². The average Bonchev–Trinajstić information content (AvgIpc) is 2.71. The van der Waals surface area contributed by atoms with Gasteiger partial charge in [0.2, 0.25) is 5.91 Å². The number of pyridine rings is 1. The number of likely N-dealkylation sites (tertiary alicyclic amines) is 1. The Labute approximate surface area is 156 Å². The Balaban J connectivity index is 1.56. The molecule has 0 aliphatic carbocycles. The van der Waals surface area contributed by atoms with Crippen LogP contribution in [0.1, 0.15) is 30.9 Å². The van der Waals surface area contributed by atoms with Gasteiger partial charge < -0.3 is 9.64 Å². The van der Waals surface area contributed by atoms with Gasteiger partial charge in [0.25, 0.3) is 5.91 Å². The van der Waals surface area contributed by atoms with Crippen molar-refractivity contribution in [2.45, 2.75) is 25.3 Å². The molecule has 1 saturated heterocycles. The molecule has 0 N–H and O–H groups in total. The van der Waals surface area contributed by atoms with Crippen LogP contribution in [0.5, 0.6) is 5.75 Å². The zero-order chi connectivity index (χ0) is 18.8. The molecular weight excluding hydrogens is 349 g/mol. The molecule has 140 valence electrons. The van der Waals surface area contributed by atoms with E-state index in [9.17, 15) is 14.0 Å². The highest BCUT2D eigenvalue weighted by Gasteiger charge is 2.33. The first-order valence-corrected chi connectivity index (χ1v) is 9.06. The maximum atomic E-state index is 13.3. The monoisotopic (exact) mass is 369 g/mol. The van der Waals surface area contributed by atoms with Crippen molar-refractivity contribution in [1.82, 2.24) is 9.88 Å². The first-order valence-electron chi connectivity index (χ1n) is 9.06. The largest absolute Gasteiger partial charge is 0.480 e. The Morgan fingerprint density at radius 1 is 1.22 bits per heavy atom. The van der Waals surface area contributed by atoms with Gasteiger partial charge in [-0.15, -0.1) is 0 Å². The molecule has 0 spiro atoms. The Morgan fingerprint density at radius 2 is 2.04 bits per heavy atom. The van der Waals surface area contributed by atoms with Gasteiger partial charge in [-0.1, -0.05) is 12.1 Å². The van der Waals surface area contributed by atoms with E-state index < -0.39 is 0 Å². The van der Waals surface area contributed by atoms with Gasteiger partial charge in [0.15, 0.2) is 18.2 Å². The average molecular weight is 369 g/mol. The van der Waals surface area contributed by atoms with Crippen molar-refractivity contribution in [3.63, 3.8) is 0 Å². The van der Waals surface area contributed by atoms with Crippen LogP contribution in [-0.2, 0) is 9.59 Å². The molecule has 27 heavy (non-hydrogen) atoms. The maximum Gasteiger partial charge on any atom is 0.266 e. The summed E-state index contributed by atoms with van der Waals surface area (Å²) in [6.45, 7) is 0.436. The number of ether oxygens (including phenoxy) is 1. The Bertz CT molecular complexity index is 856. The van der Waals surface area contributed by atoms with Crippen molar-refractivity contribution in [3.8, 4) is 5.75 Å². The number of carbonyl (C=O) groups is 2. The van der Waals surface area contributed by atoms with Crippen LogP contribution in [0.15, 0.2) is 42.6 Å². The predicted molar refractivity (Wildman–Crippen MR) is 96.8 cm³/mol. The molecule has 4 rings (SSSR count). The van der Waals surface area contributed by atoms with Gasteiger partial charge in [0.1, 0.15) is 12.4 Å². The zero-order valence-electron chi connectivity index (χ0n) is 14.8. The third-order valence-electron chi connectivity index (χ3n) is 5.03. The molecule has 1 fully saturated rings. The SMILES string of the molecule is O=C1COc2cccnc2N1CC(=O)N1CCCC[C@H]1c1ccc(F)cc1. The first kappa shape index (κ1) is 17.5. The summed E-state index contributed by atoms with van der Waals surface area (Å²) in [6, 6.07) is 9.63. The van der Waals surface area contributed by atoms with Crippen LogP contribution in [0.4, 0.5) is 10.2 Å². The summed E-state index contributed by atoms with van der Waals surface area (Å²) in [7, 11) is 0. The number of carbonyl (C=O) groups excluding carboxylic acids is 2. The van der Waals surface area contributed by atoms with Gasteiger partial charge >= 0.3 is 0 Å². The molecule has 0 radical (unpaired) electrons. The topological polar surface area (TPSA) is 62.7 Å². The fourth-order valence-corrected chi connectivity index (χ4v) is 3.68. The second kappa shape index (κ2) is 7.34. The number of halogens is 1. The molecule has 1 aromatic heterocycles. The minimum atomic E-state index is -0.297. The smallest absolute Gasteiger partial charge is 0.266 e. The van der Waals surface area contributed by atoms with Crippen LogP contribution in [0.25, 0.3) is 0 Å². The number of amides is 2. The third-order valence-corrected chi connectivity index (χ3v) is 5.03. The predicted octanol–water partition coefficient (Wildman–Crippen LogP) is 2.70. The normalized spacial score (nSPS) is 19.4. The fraction of sp³-hybridized carbons (Fsp3) is 0.350. The lowest BCUT2D eigenvalue weighted by Gasteiger charge is -2.38. The highest BCUT2D eigenvalue weighted by Crippen LogP contribution is 2.33. The van der Waals surface area contributed by atoms with E-state index in [0.717, 1.165) is 24.8 Å². The molecule has 6 nitrogen and oxygen atoms in total. The molecule has 2 aliphatic rings. The second-order valence-electron chi connectivity index (χ2n) is 6.74. The molecule has 2 aromatic rings. The van der Waals surface area contributed by atoms with Crippen molar-refractivity contribution in [2.24, 2.45) is 0 Å². The molecule has 0 bridgehead atoms. The molecule has 3 heterocycles. The standard InChI is InChI=1S/C20H20FN3O3/c21-15-8-6-14(7-9-15)16-4-1-2-11-23(16)18(25)12-24-19(26)13-27-17-5-3-10-22-20(17)24/h3,5-10,16H,1-2,4,11-13H2/t16-/m0/s1. The van der Waals surface area contributed by atoms with Crippen LogP contribution in [0.2, 0.25) is 0 Å². The Hall–Kier alpha value is -2.96. The third kappa shape index (κ3) is 3.49. The molecular formula is C20H20FN3O3. The van der Waals surface area contributed by atoms with E-state index in [2.05, 4.69) is 4.98 Å². The van der Waals surface area contributed by atoms with Crippen LogP contribution < -0.4 is 9.64 Å². The van der Waals surface area contributed by atoms with Crippen molar-refractivity contribution in [3.05, 3.63) is 54.0 Å². The van der Waals surface area contributed by atoms with Crippen molar-refractivity contribution in [1.29, 1.82) is 0 Å². The summed E-state index contributed by atoms with van der Waals surface area (Å²) in [5, 5.41) is 0. The molecule has 0 unspecified atom stereocenters. The number of benzene rings is 1. The number of hydrogen-bond donors (Lipinski definition) is 0. The number of nitrogens with zero attached hydrogens (tertiary/aromatic N) is 3. The van der Waals surface area contributed by atoms with Crippen LogP contribution in [-0.4, -0.2) is 41.4 Å². The highest BCUT2D eigenvalue weighted by molar-refractivity contribution is 6.01. The van der Waals surface area contributed by atoms with E-state index >= 15 is 0 Å². The van der Waals surface area contributed by atoms with E-state index in [-0.39, 0.29) is 36.8 Å². The highest BCUT2D eigenvalue weighted by atomic mass is 19.1. The van der Waals surface area contributed by atoms with Gasteiger partial charge in [0.05, 0.1) is 6.04 Å². The van der Waals surface area contributed by atoms with Crippen LogP contribution >= 0.6 is 0 Å². The molecule has 1 atom stereocenters. The summed E-state index contributed by atoms with van der Waals surface area (Å²) in [6.07, 6.45) is 4.31. The van der Waals surface area contributed by atoms with Crippen molar-refractivity contribution >= 4 is 17.6 Å². The second-order valence-corrected chi connectivity index (χ2v) is 6.74. The van der Waals surface area contributed by atoms with Crippen molar-refractivity contribution in [2.75, 3.05) is 24.6 Å². The number of piperidine rings is 1. The lowest BCUT2D eigenvalue weighted by molar-refractivity contribution is -0.135. The Kier molecular flexibility index (Phi) is 4.75. The fourth-order valence-electron chi connectivity index (χ4n) is 3.68. The molecule has 2 aliphatic heterocycles. The van der Waals surface area contributed by atoms with E-state index in [0.29, 0.717) is 18.1 Å². The van der Waals surface area contributed by atoms with Crippen LogP contribution in [0, 0.1) is 5.82 Å². The lowest BCUT2D eigenvalue weighted by Crippen LogP contribution is -2.48. The van der Waals surface area contributed by atoms with Gasteiger partial charge in [-0.25, -0.2) is 9.37 Å². The van der Waals surface area contributed by atoms with Gasteiger partial charge in [0, 0.05) is 12.7 Å². The summed E-state index contributed by atoms with van der Waals surface area (Å²) < 4.78 is 18.6. The number of anilines is 1. The number of aromatic nitrogens is 1. The van der Waals surface area contributed by atoms with Gasteiger partial charge in [-0.05, 0) is 49.1 Å². The number of hydrogen-bond acceptors (Lipinski definition) is 4. The van der Waals surface area contributed by atoms with E-state index in [1.807, 2.05) is 0 Å². The summed E-state index contributed by atoms with van der Waals surface area (Å²) in [5.41, 5.74) is 0.913. The summed E-state index contributed by atoms with van der Waals surface area (Å²) in [5.74, 6) is 0.144. The molecule has 2 amide bonds. The van der Waals surface area contributed by atoms with Crippen LogP contribution in [0.3, 0.4) is 0 Å². The summed E-state index contributed by atoms with van der Waals surface area (Å²) in [4.78, 5) is 32.8. The number of rotatable bonds is 3. The zero-order valence-corrected chi connectivity index (χ0v) is 14.8. The minimum Gasteiger partial charge on any atom is -0.480 e. The lowest BCUT2D eigenvalue weighted by atomic mass is 9.95. The first-order chi connectivity index (χ1) is 13.1. The van der Waals surface area contributed by atoms with E-state index in [1.54, 1.807) is 35.4 Å². The van der Waals surface area contributed by atoms with E-state index in [1.165, 1.54) is 17.0 Å². The Morgan fingerprint density at radius 3 is 2.85 bits per heavy atom. The van der Waals surface area contributed by atoms with E-state index in [4.69, 9.17) is 4.74 Å². The maximum absolute atomic E-state index is 13.3. The minimum absolute atomic E-state index is 0.0795. The van der Waals surface area contributed by atoms with Gasteiger partial charge in [-0.3, -0.25) is 14.5 Å². The van der Waals surface area contributed by atoms with Gasteiger partial charge in [-0.2, -0.15) is 0 Å². The summed E-state index contributed by atoms with van der Waals surface area (Å²) >= 11 is 0. The number of fused-ring (bicyclic) bond motifs is 1.